The number of phenolic OH excluding ortho intramolecular Hbond substituents is 1. The fourth-order valence-electron chi connectivity index (χ4n) is 1.38. The van der Waals surface area contributed by atoms with Crippen molar-refractivity contribution in [2.45, 2.75) is 0 Å². The van der Waals surface area contributed by atoms with Crippen molar-refractivity contribution in [3.63, 3.8) is 0 Å². The van der Waals surface area contributed by atoms with Crippen molar-refractivity contribution in [2.75, 3.05) is 0 Å². The van der Waals surface area contributed by atoms with Crippen LogP contribution in [-0.4, -0.2) is 5.11 Å². The molecule has 0 amide bonds. The highest BCUT2D eigenvalue weighted by atomic mass is 35.5. The Morgan fingerprint density at radius 3 is 2.73 bits per heavy atom. The van der Waals surface area contributed by atoms with Gasteiger partial charge in [-0.2, -0.15) is 0 Å². The molecule has 0 aliphatic heterocycles. The van der Waals surface area contributed by atoms with Crippen molar-refractivity contribution >= 4 is 11.6 Å². The highest BCUT2D eigenvalue weighted by Gasteiger charge is 2.05. The van der Waals surface area contributed by atoms with E-state index in [1.807, 2.05) is 0 Å². The summed E-state index contributed by atoms with van der Waals surface area (Å²) < 4.78 is 13.1. The average molecular weight is 222 g/mol. The number of aromatic hydroxyl groups is 1. The summed E-state index contributed by atoms with van der Waals surface area (Å²) >= 11 is 5.72. The Kier molecular flexibility index (Phi) is 2.60. The molecule has 0 heterocycles. The average Bonchev–Trinajstić information content (AvgIpc) is 2.16. The van der Waals surface area contributed by atoms with Crippen LogP contribution < -0.4 is 0 Å². The van der Waals surface area contributed by atoms with Gasteiger partial charge < -0.3 is 5.11 Å². The van der Waals surface area contributed by atoms with Gasteiger partial charge in [-0.25, -0.2) is 4.39 Å². The molecule has 1 nitrogen and oxygen atoms in total. The lowest BCUT2D eigenvalue weighted by atomic mass is 10.0. The lowest BCUT2D eigenvalue weighted by molar-refractivity contribution is 0.477. The third-order valence-electron chi connectivity index (χ3n) is 2.02. The predicted molar refractivity (Wildman–Crippen MR) is 57.3 cm³/mol. The molecule has 1 radical (unpaired) electrons. The van der Waals surface area contributed by atoms with Crippen molar-refractivity contribution in [3.05, 3.63) is 53.3 Å². The lowest BCUT2D eigenvalue weighted by Gasteiger charge is -2.04. The van der Waals surface area contributed by atoms with Gasteiger partial charge in [0, 0.05) is 10.6 Å². The third kappa shape index (κ3) is 2.10. The molecule has 0 saturated carbocycles. The number of hydrogen-bond acceptors (Lipinski definition) is 1. The van der Waals surface area contributed by atoms with E-state index in [1.54, 1.807) is 18.2 Å². The molecule has 3 heteroatoms. The number of rotatable bonds is 1. The van der Waals surface area contributed by atoms with Gasteiger partial charge in [0.2, 0.25) is 0 Å². The van der Waals surface area contributed by atoms with Crippen LogP contribution in [0.25, 0.3) is 11.1 Å². The number of halogens is 2. The van der Waals surface area contributed by atoms with Crippen molar-refractivity contribution < 1.29 is 9.50 Å². The first-order valence-electron chi connectivity index (χ1n) is 4.32. The zero-order chi connectivity index (χ0) is 10.8. The molecule has 0 unspecified atom stereocenters. The van der Waals surface area contributed by atoms with Gasteiger partial charge in [-0.3, -0.25) is 0 Å². The smallest absolute Gasteiger partial charge is 0.125 e. The van der Waals surface area contributed by atoms with E-state index in [-0.39, 0.29) is 5.75 Å². The van der Waals surface area contributed by atoms with Crippen LogP contribution in [0.5, 0.6) is 5.75 Å². The highest BCUT2D eigenvalue weighted by Crippen LogP contribution is 2.30. The fourth-order valence-corrected chi connectivity index (χ4v) is 1.60. The molecule has 2 aromatic carbocycles. The second kappa shape index (κ2) is 3.91. The molecular formula is C12H7ClFO. The summed E-state index contributed by atoms with van der Waals surface area (Å²) in [7, 11) is 0. The van der Waals surface area contributed by atoms with E-state index in [4.69, 9.17) is 11.6 Å². The standard InChI is InChI=1S/C12H7ClFO/c13-9-5-8(6-10(14)7-9)11-3-1-2-4-12(11)15/h1,3-7,15H. The highest BCUT2D eigenvalue weighted by molar-refractivity contribution is 6.30. The molecule has 2 aromatic rings. The van der Waals surface area contributed by atoms with Gasteiger partial charge in [0.05, 0.1) is 0 Å². The second-order valence-corrected chi connectivity index (χ2v) is 3.54. The van der Waals surface area contributed by atoms with E-state index in [2.05, 4.69) is 6.07 Å². The van der Waals surface area contributed by atoms with E-state index < -0.39 is 5.82 Å². The Morgan fingerprint density at radius 1 is 1.27 bits per heavy atom. The van der Waals surface area contributed by atoms with Crippen molar-refractivity contribution in [2.24, 2.45) is 0 Å². The Bertz CT molecular complexity index is 476. The van der Waals surface area contributed by atoms with Crippen LogP contribution in [0.2, 0.25) is 5.02 Å². The number of hydrogen-bond donors (Lipinski definition) is 1. The fraction of sp³-hybridized carbons (Fsp3) is 0. The van der Waals surface area contributed by atoms with Crippen LogP contribution in [0, 0.1) is 11.9 Å². The van der Waals surface area contributed by atoms with Gasteiger partial charge in [0.15, 0.2) is 0 Å². The Hall–Kier alpha value is -1.54. The summed E-state index contributed by atoms with van der Waals surface area (Å²) in [4.78, 5) is 0. The summed E-state index contributed by atoms with van der Waals surface area (Å²) in [6, 6.07) is 11.6. The first kappa shape index (κ1) is 9.99. The summed E-state index contributed by atoms with van der Waals surface area (Å²) in [6.07, 6.45) is 0. The van der Waals surface area contributed by atoms with Crippen molar-refractivity contribution in [1.29, 1.82) is 0 Å². The van der Waals surface area contributed by atoms with E-state index in [0.29, 0.717) is 16.1 Å². The zero-order valence-corrected chi connectivity index (χ0v) is 8.42. The van der Waals surface area contributed by atoms with Crippen molar-refractivity contribution in [3.8, 4) is 16.9 Å². The molecule has 0 aliphatic rings. The SMILES string of the molecule is Oc1c[c]ccc1-c1cc(F)cc(Cl)c1. The Balaban J connectivity index is 2.59. The maximum absolute atomic E-state index is 13.1. The topological polar surface area (TPSA) is 20.2 Å². The molecule has 0 bridgehead atoms. The number of benzene rings is 2. The van der Waals surface area contributed by atoms with Gasteiger partial charge in [0.1, 0.15) is 11.6 Å². The van der Waals surface area contributed by atoms with Crippen molar-refractivity contribution in [1.82, 2.24) is 0 Å². The Labute approximate surface area is 91.8 Å². The normalized spacial score (nSPS) is 10.3. The summed E-state index contributed by atoms with van der Waals surface area (Å²) in [6.45, 7) is 0. The summed E-state index contributed by atoms with van der Waals surface area (Å²) in [5.41, 5.74) is 1.08. The monoisotopic (exact) mass is 221 g/mol. The van der Waals surface area contributed by atoms with E-state index in [9.17, 15) is 9.50 Å². The van der Waals surface area contributed by atoms with Crippen LogP contribution in [0.4, 0.5) is 4.39 Å². The lowest BCUT2D eigenvalue weighted by Crippen LogP contribution is -1.81. The maximum atomic E-state index is 13.1. The predicted octanol–water partition coefficient (Wildman–Crippen LogP) is 3.65. The first-order chi connectivity index (χ1) is 7.16. The molecule has 0 aliphatic carbocycles. The molecule has 75 valence electrons. The molecule has 15 heavy (non-hydrogen) atoms. The summed E-state index contributed by atoms with van der Waals surface area (Å²) in [5.74, 6) is -0.371. The minimum Gasteiger partial charge on any atom is -0.507 e. The van der Waals surface area contributed by atoms with Crippen LogP contribution in [0.1, 0.15) is 0 Å². The van der Waals surface area contributed by atoms with Gasteiger partial charge in [-0.15, -0.1) is 0 Å². The maximum Gasteiger partial charge on any atom is 0.125 e. The van der Waals surface area contributed by atoms with Crippen LogP contribution in [-0.2, 0) is 0 Å². The van der Waals surface area contributed by atoms with E-state index >= 15 is 0 Å². The third-order valence-corrected chi connectivity index (χ3v) is 2.23. The van der Waals surface area contributed by atoms with Crippen LogP contribution in [0.3, 0.4) is 0 Å². The quantitative estimate of drug-likeness (QED) is 0.779. The van der Waals surface area contributed by atoms with Crippen LogP contribution in [0.15, 0.2) is 36.4 Å². The Morgan fingerprint density at radius 2 is 2.07 bits per heavy atom. The molecule has 0 spiro atoms. The number of phenols is 1. The molecular weight excluding hydrogens is 215 g/mol. The minimum atomic E-state index is -0.426. The van der Waals surface area contributed by atoms with E-state index in [0.717, 1.165) is 0 Å². The zero-order valence-electron chi connectivity index (χ0n) is 7.67. The first-order valence-corrected chi connectivity index (χ1v) is 4.70. The van der Waals surface area contributed by atoms with E-state index in [1.165, 1.54) is 18.2 Å². The molecule has 0 saturated heterocycles. The molecule has 0 fully saturated rings. The van der Waals surface area contributed by atoms with Gasteiger partial charge >= 0.3 is 0 Å². The van der Waals surface area contributed by atoms with Gasteiger partial charge in [-0.05, 0) is 35.9 Å². The molecule has 1 N–H and O–H groups in total. The summed E-state index contributed by atoms with van der Waals surface area (Å²) in [5, 5.41) is 9.85. The minimum absolute atomic E-state index is 0.0548. The van der Waals surface area contributed by atoms with Gasteiger partial charge in [-0.1, -0.05) is 23.7 Å². The van der Waals surface area contributed by atoms with Crippen LogP contribution >= 0.6 is 11.6 Å². The largest absolute Gasteiger partial charge is 0.507 e. The second-order valence-electron chi connectivity index (χ2n) is 3.10. The van der Waals surface area contributed by atoms with Gasteiger partial charge in [0.25, 0.3) is 0 Å². The molecule has 0 aromatic heterocycles. The molecule has 2 rings (SSSR count). The molecule has 0 atom stereocenters.